The van der Waals surface area contributed by atoms with Crippen molar-refractivity contribution in [3.63, 3.8) is 0 Å². The van der Waals surface area contributed by atoms with E-state index in [0.717, 1.165) is 0 Å². The molecule has 6 heteroatoms. The molecule has 0 unspecified atom stereocenters. The highest BCUT2D eigenvalue weighted by atomic mass is 35.5. The molecular formula is C12H10Cl2N2O2. The van der Waals surface area contributed by atoms with Crippen LogP contribution in [0.15, 0.2) is 30.3 Å². The summed E-state index contributed by atoms with van der Waals surface area (Å²) in [6.45, 7) is 0. The van der Waals surface area contributed by atoms with Crippen molar-refractivity contribution >= 4 is 28.9 Å². The highest BCUT2D eigenvalue weighted by molar-refractivity contribution is 6.42. The molecule has 0 saturated carbocycles. The van der Waals surface area contributed by atoms with Crippen LogP contribution in [0.25, 0.3) is 0 Å². The Kier molecular flexibility index (Phi) is 3.79. The predicted molar refractivity (Wildman–Crippen MR) is 71.7 cm³/mol. The fraction of sp³-hybridized carbons (Fsp3) is 0.0833. The van der Waals surface area contributed by atoms with Gasteiger partial charge in [-0.3, -0.25) is 0 Å². The number of nitrogen functional groups attached to an aromatic ring is 1. The Morgan fingerprint density at radius 3 is 2.67 bits per heavy atom. The zero-order valence-corrected chi connectivity index (χ0v) is 11.0. The molecule has 0 radical (unpaired) electrons. The summed E-state index contributed by atoms with van der Waals surface area (Å²) in [6, 6.07) is 8.36. The molecule has 0 aliphatic heterocycles. The van der Waals surface area contributed by atoms with E-state index in [1.165, 1.54) is 7.11 Å². The smallest absolute Gasteiger partial charge is 0.240 e. The molecule has 18 heavy (non-hydrogen) atoms. The van der Waals surface area contributed by atoms with Crippen molar-refractivity contribution in [2.45, 2.75) is 0 Å². The quantitative estimate of drug-likeness (QED) is 0.932. The van der Waals surface area contributed by atoms with Crippen LogP contribution in [0.3, 0.4) is 0 Å². The van der Waals surface area contributed by atoms with Crippen LogP contribution in [0.1, 0.15) is 0 Å². The molecule has 94 valence electrons. The summed E-state index contributed by atoms with van der Waals surface area (Å²) in [5, 5.41) is 0.744. The van der Waals surface area contributed by atoms with Gasteiger partial charge < -0.3 is 15.2 Å². The van der Waals surface area contributed by atoms with Crippen molar-refractivity contribution in [3.8, 4) is 17.5 Å². The third-order valence-corrected chi connectivity index (χ3v) is 2.99. The third-order valence-electron chi connectivity index (χ3n) is 2.19. The van der Waals surface area contributed by atoms with Crippen LogP contribution in [0.5, 0.6) is 17.5 Å². The first-order valence-electron chi connectivity index (χ1n) is 5.04. The molecule has 4 nitrogen and oxygen atoms in total. The molecule has 2 N–H and O–H groups in total. The van der Waals surface area contributed by atoms with Gasteiger partial charge in [-0.25, -0.2) is 0 Å². The van der Waals surface area contributed by atoms with E-state index < -0.39 is 0 Å². The number of halogens is 2. The minimum atomic E-state index is 0.297. The second-order valence-corrected chi connectivity index (χ2v) is 4.19. The number of ether oxygens (including phenoxy) is 2. The number of hydrogen-bond donors (Lipinski definition) is 1. The van der Waals surface area contributed by atoms with Crippen molar-refractivity contribution in [1.82, 2.24) is 4.98 Å². The van der Waals surface area contributed by atoms with E-state index in [0.29, 0.717) is 33.2 Å². The summed E-state index contributed by atoms with van der Waals surface area (Å²) < 4.78 is 10.5. The van der Waals surface area contributed by atoms with Gasteiger partial charge in [0.05, 0.1) is 17.8 Å². The Morgan fingerprint density at radius 2 is 1.94 bits per heavy atom. The largest absolute Gasteiger partial charge is 0.479 e. The second-order valence-electron chi connectivity index (χ2n) is 3.40. The predicted octanol–water partition coefficient (Wildman–Crippen LogP) is 3.77. The Balaban J connectivity index is 2.31. The number of anilines is 1. The lowest BCUT2D eigenvalue weighted by Crippen LogP contribution is -1.97. The number of benzene rings is 1. The van der Waals surface area contributed by atoms with Crippen LogP contribution in [0, 0.1) is 0 Å². The van der Waals surface area contributed by atoms with Crippen molar-refractivity contribution in [3.05, 3.63) is 40.4 Å². The first kappa shape index (κ1) is 12.8. The monoisotopic (exact) mass is 284 g/mol. The molecule has 0 saturated heterocycles. The molecule has 1 aromatic carbocycles. The second kappa shape index (κ2) is 5.33. The summed E-state index contributed by atoms with van der Waals surface area (Å²) in [6.07, 6.45) is 0. The van der Waals surface area contributed by atoms with Crippen molar-refractivity contribution in [2.75, 3.05) is 12.8 Å². The lowest BCUT2D eigenvalue weighted by atomic mass is 10.3. The van der Waals surface area contributed by atoms with Crippen molar-refractivity contribution in [1.29, 1.82) is 0 Å². The van der Waals surface area contributed by atoms with E-state index in [1.807, 2.05) is 0 Å². The third kappa shape index (κ3) is 2.60. The molecule has 0 aliphatic rings. The fourth-order valence-electron chi connectivity index (χ4n) is 1.33. The summed E-state index contributed by atoms with van der Waals surface area (Å²) in [5.41, 5.74) is 6.09. The highest BCUT2D eigenvalue weighted by Crippen LogP contribution is 2.34. The molecule has 0 spiro atoms. The molecule has 1 aromatic heterocycles. The van der Waals surface area contributed by atoms with Crippen LogP contribution in [-0.2, 0) is 0 Å². The van der Waals surface area contributed by atoms with E-state index >= 15 is 0 Å². The van der Waals surface area contributed by atoms with Gasteiger partial charge in [-0.2, -0.15) is 4.98 Å². The summed E-state index contributed by atoms with van der Waals surface area (Å²) >= 11 is 11.9. The topological polar surface area (TPSA) is 57.4 Å². The molecule has 0 bridgehead atoms. The minimum Gasteiger partial charge on any atom is -0.479 e. The maximum Gasteiger partial charge on any atom is 0.240 e. The molecule has 1 heterocycles. The standard InChI is InChI=1S/C12H10Cl2N2O2/c1-17-12-8(15)5-6-10(16-12)18-9-4-2-3-7(13)11(9)14/h2-6H,15H2,1H3. The molecule has 0 atom stereocenters. The Labute approximate surface area is 114 Å². The number of methoxy groups -OCH3 is 1. The Hall–Kier alpha value is -1.65. The fourth-order valence-corrected chi connectivity index (χ4v) is 1.66. The highest BCUT2D eigenvalue weighted by Gasteiger charge is 2.09. The molecular weight excluding hydrogens is 275 g/mol. The number of hydrogen-bond acceptors (Lipinski definition) is 4. The molecule has 2 rings (SSSR count). The van der Waals surface area contributed by atoms with Gasteiger partial charge in [-0.05, 0) is 18.2 Å². The number of rotatable bonds is 3. The van der Waals surface area contributed by atoms with Crippen LogP contribution in [0.2, 0.25) is 10.0 Å². The van der Waals surface area contributed by atoms with E-state index in [-0.39, 0.29) is 0 Å². The summed E-state index contributed by atoms with van der Waals surface area (Å²) in [7, 11) is 1.48. The molecule has 0 aliphatic carbocycles. The first-order valence-corrected chi connectivity index (χ1v) is 5.80. The first-order chi connectivity index (χ1) is 8.61. The van der Waals surface area contributed by atoms with Crippen LogP contribution >= 0.6 is 23.2 Å². The zero-order chi connectivity index (χ0) is 13.1. The number of aromatic nitrogens is 1. The molecule has 0 fully saturated rings. The zero-order valence-electron chi connectivity index (χ0n) is 9.48. The van der Waals surface area contributed by atoms with Gasteiger partial charge in [0, 0.05) is 6.07 Å². The van der Waals surface area contributed by atoms with Crippen LogP contribution in [0.4, 0.5) is 5.69 Å². The Bertz CT molecular complexity index is 576. The average Bonchev–Trinajstić information content (AvgIpc) is 2.37. The molecule has 2 aromatic rings. The number of nitrogens with zero attached hydrogens (tertiary/aromatic N) is 1. The summed E-state index contributed by atoms with van der Waals surface area (Å²) in [4.78, 5) is 4.09. The SMILES string of the molecule is COc1nc(Oc2cccc(Cl)c2Cl)ccc1N. The number of nitrogens with two attached hydrogens (primary N) is 1. The van der Waals surface area contributed by atoms with Crippen molar-refractivity contribution in [2.24, 2.45) is 0 Å². The van der Waals surface area contributed by atoms with Gasteiger partial charge in [-0.1, -0.05) is 29.3 Å². The van der Waals surface area contributed by atoms with Gasteiger partial charge in [0.2, 0.25) is 11.8 Å². The lowest BCUT2D eigenvalue weighted by Gasteiger charge is -2.09. The van der Waals surface area contributed by atoms with E-state index in [9.17, 15) is 0 Å². The van der Waals surface area contributed by atoms with E-state index in [2.05, 4.69) is 4.98 Å². The lowest BCUT2D eigenvalue weighted by molar-refractivity contribution is 0.385. The van der Waals surface area contributed by atoms with Gasteiger partial charge in [0.15, 0.2) is 0 Å². The van der Waals surface area contributed by atoms with E-state index in [4.69, 9.17) is 38.4 Å². The van der Waals surface area contributed by atoms with Gasteiger partial charge in [0.1, 0.15) is 10.8 Å². The summed E-state index contributed by atoms with van der Waals surface area (Å²) in [5.74, 6) is 1.04. The number of pyridine rings is 1. The minimum absolute atomic E-state index is 0.297. The van der Waals surface area contributed by atoms with Gasteiger partial charge in [-0.15, -0.1) is 0 Å². The Morgan fingerprint density at radius 1 is 1.17 bits per heavy atom. The van der Waals surface area contributed by atoms with Gasteiger partial charge in [0.25, 0.3) is 0 Å². The maximum absolute atomic E-state index is 6.01. The van der Waals surface area contributed by atoms with Crippen LogP contribution in [-0.4, -0.2) is 12.1 Å². The normalized spacial score (nSPS) is 10.2. The van der Waals surface area contributed by atoms with Gasteiger partial charge >= 0.3 is 0 Å². The van der Waals surface area contributed by atoms with E-state index in [1.54, 1.807) is 30.3 Å². The van der Waals surface area contributed by atoms with Crippen molar-refractivity contribution < 1.29 is 9.47 Å². The average molecular weight is 285 g/mol. The maximum atomic E-state index is 6.01. The van der Waals surface area contributed by atoms with Crippen LogP contribution < -0.4 is 15.2 Å². The molecule has 0 amide bonds.